The smallest absolute Gasteiger partial charge is 0.296 e. The topological polar surface area (TPSA) is 89.2 Å². The summed E-state index contributed by atoms with van der Waals surface area (Å²) >= 11 is 0. The minimum Gasteiger partial charge on any atom is -0.507 e. The van der Waals surface area contributed by atoms with E-state index in [2.05, 4.69) is 13.8 Å². The maximum atomic E-state index is 13.3. The van der Waals surface area contributed by atoms with Gasteiger partial charge >= 0.3 is 0 Å². The molecule has 7 nitrogen and oxygen atoms in total. The van der Waals surface area contributed by atoms with Gasteiger partial charge in [0, 0.05) is 5.56 Å². The lowest BCUT2D eigenvalue weighted by atomic mass is 9.95. The van der Waals surface area contributed by atoms with Crippen LogP contribution in [0.25, 0.3) is 5.76 Å². The van der Waals surface area contributed by atoms with Gasteiger partial charge in [-0.15, -0.1) is 0 Å². The second kappa shape index (κ2) is 12.3. The van der Waals surface area contributed by atoms with Crippen LogP contribution < -0.4 is 9.47 Å². The van der Waals surface area contributed by atoms with Crippen LogP contribution in [0.1, 0.15) is 62.5 Å². The molecule has 2 heterocycles. The molecule has 1 fully saturated rings. The highest BCUT2D eigenvalue weighted by molar-refractivity contribution is 6.46. The molecule has 0 spiro atoms. The highest BCUT2D eigenvalue weighted by Crippen LogP contribution is 2.41. The fourth-order valence-electron chi connectivity index (χ4n) is 4.26. The van der Waals surface area contributed by atoms with E-state index in [-0.39, 0.29) is 17.9 Å². The number of ether oxygens (including phenoxy) is 2. The molecule has 1 aliphatic heterocycles. The summed E-state index contributed by atoms with van der Waals surface area (Å²) in [5, 5.41) is 11.4. The average molecular weight is 504 g/mol. The van der Waals surface area contributed by atoms with Crippen LogP contribution >= 0.6 is 0 Å². The molecule has 1 saturated heterocycles. The van der Waals surface area contributed by atoms with Crippen molar-refractivity contribution in [3.8, 4) is 11.5 Å². The molecule has 0 aliphatic carbocycles. The SMILES string of the molecule is CCCCOc1ccc(C2C(=C(O)c3cccc(OCCCC)c3)C(=O)C(=O)N2Cc2ccco2)cc1. The highest BCUT2D eigenvalue weighted by Gasteiger charge is 2.46. The van der Waals surface area contributed by atoms with Crippen molar-refractivity contribution in [2.24, 2.45) is 0 Å². The number of benzene rings is 2. The Morgan fingerprint density at radius 1 is 0.919 bits per heavy atom. The van der Waals surface area contributed by atoms with Gasteiger partial charge in [0.05, 0.1) is 37.6 Å². The van der Waals surface area contributed by atoms with E-state index in [0.717, 1.165) is 25.7 Å². The summed E-state index contributed by atoms with van der Waals surface area (Å²) in [6.45, 7) is 5.44. The highest BCUT2D eigenvalue weighted by atomic mass is 16.5. The molecule has 194 valence electrons. The van der Waals surface area contributed by atoms with Gasteiger partial charge in [-0.3, -0.25) is 9.59 Å². The Morgan fingerprint density at radius 3 is 2.27 bits per heavy atom. The number of likely N-dealkylation sites (tertiary alicyclic amines) is 1. The number of aliphatic hydroxyl groups excluding tert-OH is 1. The van der Waals surface area contributed by atoms with Crippen LogP contribution in [0.2, 0.25) is 0 Å². The molecule has 2 aromatic carbocycles. The van der Waals surface area contributed by atoms with E-state index < -0.39 is 17.7 Å². The van der Waals surface area contributed by atoms with Crippen molar-refractivity contribution >= 4 is 17.4 Å². The summed E-state index contributed by atoms with van der Waals surface area (Å²) in [6.07, 6.45) is 5.41. The Hall–Kier alpha value is -4.00. The zero-order valence-electron chi connectivity index (χ0n) is 21.3. The molecular formula is C30H33NO6. The molecule has 7 heteroatoms. The van der Waals surface area contributed by atoms with Crippen LogP contribution in [0.15, 0.2) is 76.9 Å². The van der Waals surface area contributed by atoms with Crippen LogP contribution in [-0.2, 0) is 16.1 Å². The van der Waals surface area contributed by atoms with Gasteiger partial charge in [0.15, 0.2) is 0 Å². The Bertz CT molecular complexity index is 1230. The molecule has 0 radical (unpaired) electrons. The number of ketones is 1. The number of carbonyl (C=O) groups excluding carboxylic acids is 2. The number of aliphatic hydroxyl groups is 1. The molecule has 1 aliphatic rings. The van der Waals surface area contributed by atoms with Crippen LogP contribution in [0.4, 0.5) is 0 Å². The first-order chi connectivity index (χ1) is 18.0. The lowest BCUT2D eigenvalue weighted by Gasteiger charge is -2.24. The number of carbonyl (C=O) groups is 2. The largest absolute Gasteiger partial charge is 0.507 e. The second-order valence-corrected chi connectivity index (χ2v) is 9.01. The minimum absolute atomic E-state index is 0.0296. The van der Waals surface area contributed by atoms with Gasteiger partial charge in [-0.1, -0.05) is 51.0 Å². The number of Topliss-reactive ketones (excluding diaryl/α,β-unsaturated/α-hetero) is 1. The first kappa shape index (κ1) is 26.1. The quantitative estimate of drug-likeness (QED) is 0.136. The zero-order chi connectivity index (χ0) is 26.2. The first-order valence-electron chi connectivity index (χ1n) is 12.8. The van der Waals surface area contributed by atoms with Gasteiger partial charge in [-0.25, -0.2) is 0 Å². The van der Waals surface area contributed by atoms with Crippen LogP contribution in [0, 0.1) is 0 Å². The maximum Gasteiger partial charge on any atom is 0.296 e. The predicted molar refractivity (Wildman–Crippen MR) is 140 cm³/mol. The summed E-state index contributed by atoms with van der Waals surface area (Å²) in [6, 6.07) is 16.9. The molecule has 3 aromatic rings. The van der Waals surface area contributed by atoms with Crippen LogP contribution in [0.5, 0.6) is 11.5 Å². The van der Waals surface area contributed by atoms with Crippen molar-refractivity contribution in [2.45, 2.75) is 52.1 Å². The zero-order valence-corrected chi connectivity index (χ0v) is 21.3. The molecule has 1 unspecified atom stereocenters. The second-order valence-electron chi connectivity index (χ2n) is 9.01. The molecule has 1 aromatic heterocycles. The Labute approximate surface area is 217 Å². The van der Waals surface area contributed by atoms with Crippen molar-refractivity contribution in [1.29, 1.82) is 0 Å². The predicted octanol–water partition coefficient (Wildman–Crippen LogP) is 6.26. The number of nitrogens with zero attached hydrogens (tertiary/aromatic N) is 1. The van der Waals surface area contributed by atoms with E-state index in [1.165, 1.54) is 11.2 Å². The van der Waals surface area contributed by atoms with Gasteiger partial charge in [0.25, 0.3) is 11.7 Å². The van der Waals surface area contributed by atoms with Crippen LogP contribution in [0.3, 0.4) is 0 Å². The summed E-state index contributed by atoms with van der Waals surface area (Å²) in [5.41, 5.74) is 1.13. The number of furan rings is 1. The van der Waals surface area contributed by atoms with E-state index >= 15 is 0 Å². The summed E-state index contributed by atoms with van der Waals surface area (Å²) < 4.78 is 17.0. The molecule has 0 saturated carbocycles. The molecule has 0 bridgehead atoms. The Kier molecular flexibility index (Phi) is 8.67. The fourth-order valence-corrected chi connectivity index (χ4v) is 4.26. The van der Waals surface area contributed by atoms with Gasteiger partial charge in [0.1, 0.15) is 23.0 Å². The standard InChI is InChI=1S/C30H33NO6/c1-3-5-16-35-23-14-12-21(13-15-23)27-26(29(33)30(34)31(27)20-25-11-8-18-37-25)28(32)22-9-7-10-24(19-22)36-17-6-4-2/h7-15,18-19,27,32H,3-6,16-17,20H2,1-2H3. The lowest BCUT2D eigenvalue weighted by molar-refractivity contribution is -0.140. The third kappa shape index (κ3) is 6.05. The number of unbranched alkanes of at least 4 members (excludes halogenated alkanes) is 2. The molecule has 1 atom stereocenters. The summed E-state index contributed by atoms with van der Waals surface area (Å²) in [4.78, 5) is 27.9. The van der Waals surface area contributed by atoms with Gasteiger partial charge in [0.2, 0.25) is 0 Å². The van der Waals surface area contributed by atoms with Crippen LogP contribution in [-0.4, -0.2) is 34.9 Å². The van der Waals surface area contributed by atoms with E-state index in [4.69, 9.17) is 13.9 Å². The Balaban J connectivity index is 1.72. The van der Waals surface area contributed by atoms with Crippen molar-refractivity contribution in [1.82, 2.24) is 4.90 Å². The molecule has 37 heavy (non-hydrogen) atoms. The van der Waals surface area contributed by atoms with Crippen molar-refractivity contribution < 1.29 is 28.6 Å². The maximum absolute atomic E-state index is 13.3. The Morgan fingerprint density at radius 2 is 1.62 bits per heavy atom. The van der Waals surface area contributed by atoms with Gasteiger partial charge < -0.3 is 23.9 Å². The van der Waals surface area contributed by atoms with E-state index in [1.54, 1.807) is 36.4 Å². The summed E-state index contributed by atoms with van der Waals surface area (Å²) in [7, 11) is 0. The molecule has 1 amide bonds. The number of hydrogen-bond acceptors (Lipinski definition) is 6. The fraction of sp³-hybridized carbons (Fsp3) is 0.333. The lowest BCUT2D eigenvalue weighted by Crippen LogP contribution is -2.29. The van der Waals surface area contributed by atoms with E-state index in [0.29, 0.717) is 41.6 Å². The number of amides is 1. The van der Waals surface area contributed by atoms with Crippen molar-refractivity contribution in [2.75, 3.05) is 13.2 Å². The van der Waals surface area contributed by atoms with Crippen molar-refractivity contribution in [3.05, 3.63) is 89.4 Å². The van der Waals surface area contributed by atoms with Gasteiger partial charge in [-0.2, -0.15) is 0 Å². The number of hydrogen-bond donors (Lipinski definition) is 1. The average Bonchev–Trinajstić information content (AvgIpc) is 3.52. The number of rotatable bonds is 12. The molecular weight excluding hydrogens is 470 g/mol. The van der Waals surface area contributed by atoms with Gasteiger partial charge in [-0.05, 0) is 54.8 Å². The minimum atomic E-state index is -0.792. The van der Waals surface area contributed by atoms with E-state index in [9.17, 15) is 14.7 Å². The normalized spacial score (nSPS) is 16.8. The van der Waals surface area contributed by atoms with E-state index in [1.807, 2.05) is 24.3 Å². The third-order valence-corrected chi connectivity index (χ3v) is 6.28. The molecule has 1 N–H and O–H groups in total. The third-order valence-electron chi connectivity index (χ3n) is 6.28. The summed E-state index contributed by atoms with van der Waals surface area (Å²) in [5.74, 6) is 0.160. The molecule has 4 rings (SSSR count). The first-order valence-corrected chi connectivity index (χ1v) is 12.8. The monoisotopic (exact) mass is 503 g/mol. The van der Waals surface area contributed by atoms with Crippen molar-refractivity contribution in [3.63, 3.8) is 0 Å².